The molecule has 3 aromatic rings. The van der Waals surface area contributed by atoms with Crippen molar-refractivity contribution in [2.45, 2.75) is 32.2 Å². The van der Waals surface area contributed by atoms with Gasteiger partial charge in [0.25, 0.3) is 0 Å². The highest BCUT2D eigenvalue weighted by molar-refractivity contribution is 6.06. The van der Waals surface area contributed by atoms with Crippen LogP contribution in [-0.4, -0.2) is 102 Å². The number of hydrogen-bond donors (Lipinski definition) is 3. The number of carbonyl (C=O) groups is 1. The SMILES string of the molecule is CN1CCCCC(=O)N(C)CCCNc2ncnc3[nH]c(O)c(c23)C=Nc2ccc(N3CCOCC3)c(c2)C1. The van der Waals surface area contributed by atoms with Crippen LogP contribution in [0.15, 0.2) is 29.5 Å². The van der Waals surface area contributed by atoms with E-state index < -0.39 is 0 Å². The molecule has 1 fully saturated rings. The molecule has 2 aliphatic heterocycles. The summed E-state index contributed by atoms with van der Waals surface area (Å²) in [5.41, 5.74) is 4.25. The van der Waals surface area contributed by atoms with E-state index in [4.69, 9.17) is 9.73 Å². The molecule has 4 heterocycles. The minimum Gasteiger partial charge on any atom is -0.494 e. The number of nitrogens with zero attached hydrogens (tertiary/aromatic N) is 6. The molecule has 0 atom stereocenters. The van der Waals surface area contributed by atoms with Crippen molar-refractivity contribution in [3.05, 3.63) is 35.7 Å². The van der Waals surface area contributed by atoms with Crippen molar-refractivity contribution in [2.24, 2.45) is 4.99 Å². The number of fused-ring (bicyclic) bond motifs is 2. The lowest BCUT2D eigenvalue weighted by Crippen LogP contribution is -2.37. The molecule has 0 saturated carbocycles. The highest BCUT2D eigenvalue weighted by atomic mass is 16.5. The van der Waals surface area contributed by atoms with Crippen LogP contribution in [-0.2, 0) is 16.1 Å². The Balaban J connectivity index is 1.49. The third kappa shape index (κ3) is 6.48. The Morgan fingerprint density at radius 3 is 2.72 bits per heavy atom. The fourth-order valence-electron chi connectivity index (χ4n) is 5.19. The van der Waals surface area contributed by atoms with Crippen molar-refractivity contribution < 1.29 is 14.6 Å². The molecule has 0 unspecified atom stereocenters. The summed E-state index contributed by atoms with van der Waals surface area (Å²) < 4.78 is 5.58. The second kappa shape index (κ2) is 12.4. The molecular formula is C28H38N8O3. The number of aliphatic imine (C=N–C) groups is 1. The van der Waals surface area contributed by atoms with Crippen molar-refractivity contribution in [3.63, 3.8) is 0 Å². The number of aromatic amines is 1. The lowest BCUT2D eigenvalue weighted by atomic mass is 10.1. The van der Waals surface area contributed by atoms with Crippen LogP contribution in [0.4, 0.5) is 17.2 Å². The van der Waals surface area contributed by atoms with Gasteiger partial charge in [-0.25, -0.2) is 9.97 Å². The van der Waals surface area contributed by atoms with E-state index in [0.29, 0.717) is 41.9 Å². The average molecular weight is 535 g/mol. The molecule has 1 aromatic carbocycles. The summed E-state index contributed by atoms with van der Waals surface area (Å²) >= 11 is 0. The highest BCUT2D eigenvalue weighted by Gasteiger charge is 2.18. The van der Waals surface area contributed by atoms with Gasteiger partial charge < -0.3 is 34.8 Å². The van der Waals surface area contributed by atoms with E-state index in [-0.39, 0.29) is 11.8 Å². The molecule has 2 aromatic heterocycles. The van der Waals surface area contributed by atoms with Gasteiger partial charge in [-0.1, -0.05) is 0 Å². The minimum absolute atomic E-state index is 0.00494. The molecule has 5 rings (SSSR count). The topological polar surface area (TPSA) is 122 Å². The lowest BCUT2D eigenvalue weighted by Gasteiger charge is -2.31. The molecule has 0 spiro atoms. The van der Waals surface area contributed by atoms with Crippen LogP contribution in [0.25, 0.3) is 11.0 Å². The molecule has 208 valence electrons. The van der Waals surface area contributed by atoms with Gasteiger partial charge in [-0.2, -0.15) is 0 Å². The Bertz CT molecular complexity index is 1320. The first-order valence-electron chi connectivity index (χ1n) is 13.7. The maximum absolute atomic E-state index is 12.6. The van der Waals surface area contributed by atoms with E-state index in [2.05, 4.69) is 49.2 Å². The van der Waals surface area contributed by atoms with Crippen LogP contribution in [0.1, 0.15) is 36.8 Å². The third-order valence-electron chi connectivity index (χ3n) is 7.38. The maximum Gasteiger partial charge on any atom is 0.222 e. The monoisotopic (exact) mass is 534 g/mol. The zero-order chi connectivity index (χ0) is 27.2. The Morgan fingerprint density at radius 2 is 1.87 bits per heavy atom. The van der Waals surface area contributed by atoms with Gasteiger partial charge in [0.15, 0.2) is 5.88 Å². The minimum atomic E-state index is -0.00494. The number of benzene rings is 1. The summed E-state index contributed by atoms with van der Waals surface area (Å²) in [4.78, 5) is 35.5. The highest BCUT2D eigenvalue weighted by Crippen LogP contribution is 2.31. The summed E-state index contributed by atoms with van der Waals surface area (Å²) in [6.07, 6.45) is 6.29. The molecular weight excluding hydrogens is 496 g/mol. The van der Waals surface area contributed by atoms with Crippen molar-refractivity contribution in [1.82, 2.24) is 24.8 Å². The first kappa shape index (κ1) is 26.9. The zero-order valence-corrected chi connectivity index (χ0v) is 22.8. The molecule has 1 amide bonds. The molecule has 11 heteroatoms. The molecule has 39 heavy (non-hydrogen) atoms. The Kier molecular flexibility index (Phi) is 8.58. The number of H-pyrrole nitrogens is 1. The van der Waals surface area contributed by atoms with E-state index >= 15 is 0 Å². The first-order chi connectivity index (χ1) is 19.0. The number of hydrogen-bond acceptors (Lipinski definition) is 9. The van der Waals surface area contributed by atoms with Crippen LogP contribution < -0.4 is 10.2 Å². The quantitative estimate of drug-likeness (QED) is 0.435. The summed E-state index contributed by atoms with van der Waals surface area (Å²) in [7, 11) is 3.99. The number of amides is 1. The Morgan fingerprint density at radius 1 is 1.03 bits per heavy atom. The van der Waals surface area contributed by atoms with Crippen LogP contribution >= 0.6 is 0 Å². The number of anilines is 2. The van der Waals surface area contributed by atoms with Gasteiger partial charge in [0.2, 0.25) is 5.91 Å². The molecule has 0 aliphatic carbocycles. The fraction of sp³-hybridized carbons (Fsp3) is 0.500. The normalized spacial score (nSPS) is 18.8. The van der Waals surface area contributed by atoms with Gasteiger partial charge in [0.1, 0.15) is 17.8 Å². The van der Waals surface area contributed by atoms with Crippen molar-refractivity contribution >= 4 is 40.3 Å². The van der Waals surface area contributed by atoms with Crippen molar-refractivity contribution in [1.29, 1.82) is 0 Å². The second-order valence-corrected chi connectivity index (χ2v) is 10.3. The predicted molar refractivity (Wildman–Crippen MR) is 153 cm³/mol. The standard InChI is InChI=1S/C28H38N8O3/c1-34-10-4-3-6-24(37)35(2)11-5-9-29-26-25-22(28(38)33-27(25)32-19-31-26)17-30-21-7-8-23(20(16-21)18-34)36-12-14-39-15-13-36/h7-8,16-17,19,38H,3-6,9-15,18H2,1-2H3,(H2,29,31,32,33). The number of nitrogens with one attached hydrogen (secondary N) is 2. The van der Waals surface area contributed by atoms with Crippen molar-refractivity contribution in [3.8, 4) is 5.88 Å². The van der Waals surface area contributed by atoms with Crippen molar-refractivity contribution in [2.75, 3.05) is 70.2 Å². The van der Waals surface area contributed by atoms with E-state index in [1.807, 2.05) is 13.1 Å². The number of ether oxygens (including phenoxy) is 1. The van der Waals surface area contributed by atoms with Gasteiger partial charge in [0.05, 0.1) is 29.9 Å². The fourth-order valence-corrected chi connectivity index (χ4v) is 5.19. The van der Waals surface area contributed by atoms with Gasteiger partial charge in [-0.15, -0.1) is 0 Å². The number of carbonyl (C=O) groups excluding carboxylic acids is 1. The van der Waals surface area contributed by atoms with E-state index in [1.54, 1.807) is 11.1 Å². The summed E-state index contributed by atoms with van der Waals surface area (Å²) in [6.45, 7) is 6.11. The molecule has 0 radical (unpaired) electrons. The smallest absolute Gasteiger partial charge is 0.222 e. The van der Waals surface area contributed by atoms with Crippen LogP contribution in [0.2, 0.25) is 0 Å². The van der Waals surface area contributed by atoms with Gasteiger partial charge >= 0.3 is 0 Å². The lowest BCUT2D eigenvalue weighted by molar-refractivity contribution is -0.130. The van der Waals surface area contributed by atoms with E-state index in [9.17, 15) is 9.90 Å². The largest absolute Gasteiger partial charge is 0.494 e. The Labute approximate surface area is 228 Å². The summed E-state index contributed by atoms with van der Waals surface area (Å²) in [6, 6.07) is 6.27. The predicted octanol–water partition coefficient (Wildman–Crippen LogP) is 3.13. The maximum atomic E-state index is 12.6. The molecule has 2 aliphatic rings. The van der Waals surface area contributed by atoms with Gasteiger partial charge in [-0.3, -0.25) is 9.79 Å². The average Bonchev–Trinajstić information content (AvgIpc) is 3.27. The first-order valence-corrected chi connectivity index (χ1v) is 13.7. The number of aromatic hydroxyl groups is 1. The third-order valence-corrected chi connectivity index (χ3v) is 7.38. The van der Waals surface area contributed by atoms with Gasteiger partial charge in [0, 0.05) is 58.1 Å². The Hall–Kier alpha value is -3.70. The molecule has 11 nitrogen and oxygen atoms in total. The van der Waals surface area contributed by atoms with Crippen LogP contribution in [0.5, 0.6) is 5.88 Å². The van der Waals surface area contributed by atoms with Crippen LogP contribution in [0.3, 0.4) is 0 Å². The van der Waals surface area contributed by atoms with E-state index in [0.717, 1.165) is 64.3 Å². The number of aromatic nitrogens is 3. The molecule has 1 saturated heterocycles. The van der Waals surface area contributed by atoms with Gasteiger partial charge in [-0.05, 0) is 56.6 Å². The molecule has 3 N–H and O–H groups in total. The number of rotatable bonds is 1. The number of morpholine rings is 1. The summed E-state index contributed by atoms with van der Waals surface area (Å²) in [5.74, 6) is 0.786. The second-order valence-electron chi connectivity index (χ2n) is 10.3. The summed E-state index contributed by atoms with van der Waals surface area (Å²) in [5, 5.41) is 14.7. The molecule has 2 bridgehead atoms. The zero-order valence-electron chi connectivity index (χ0n) is 22.8. The van der Waals surface area contributed by atoms with E-state index in [1.165, 1.54) is 17.6 Å². The van der Waals surface area contributed by atoms with Crippen LogP contribution in [0, 0.1) is 0 Å².